The van der Waals surface area contributed by atoms with Gasteiger partial charge < -0.3 is 24.6 Å². The van der Waals surface area contributed by atoms with E-state index in [9.17, 15) is 19.8 Å². The minimum absolute atomic E-state index is 0.00647. The molecule has 0 bridgehead atoms. The molecule has 3 aromatic carbocycles. The maximum atomic E-state index is 13.2. The average Bonchev–Trinajstić information content (AvgIpc) is 3.15. The van der Waals surface area contributed by atoms with Crippen LogP contribution in [0, 0.1) is 6.92 Å². The molecule has 0 aromatic heterocycles. The topological polar surface area (TPSA) is 96.3 Å². The summed E-state index contributed by atoms with van der Waals surface area (Å²) in [6.07, 6.45) is 0.572. The molecule has 38 heavy (non-hydrogen) atoms. The SMILES string of the molecule is Cc1cc(/C(O)=C2/C(=O)C(=O)N(CCCOC(C)C)C2c2cccc(O)c2)ccc1OCc1ccccc1. The van der Waals surface area contributed by atoms with Crippen molar-refractivity contribution < 1.29 is 29.3 Å². The van der Waals surface area contributed by atoms with Crippen molar-refractivity contribution in [1.29, 1.82) is 0 Å². The number of ketones is 1. The molecule has 198 valence electrons. The fourth-order valence-electron chi connectivity index (χ4n) is 4.56. The maximum absolute atomic E-state index is 13.2. The Morgan fingerprint density at radius 1 is 1.00 bits per heavy atom. The van der Waals surface area contributed by atoms with Gasteiger partial charge in [0.2, 0.25) is 0 Å². The molecule has 1 saturated heterocycles. The number of phenolic OH excluding ortho intramolecular Hbond substituents is 1. The predicted octanol–water partition coefficient (Wildman–Crippen LogP) is 5.52. The largest absolute Gasteiger partial charge is 0.508 e. The number of rotatable bonds is 10. The molecule has 1 atom stereocenters. The molecule has 1 heterocycles. The average molecular weight is 516 g/mol. The minimum Gasteiger partial charge on any atom is -0.508 e. The number of likely N-dealkylation sites (tertiary alicyclic amines) is 1. The lowest BCUT2D eigenvalue weighted by Gasteiger charge is -2.25. The molecule has 7 nitrogen and oxygen atoms in total. The highest BCUT2D eigenvalue weighted by Gasteiger charge is 2.45. The van der Waals surface area contributed by atoms with E-state index in [1.165, 1.54) is 17.0 Å². The van der Waals surface area contributed by atoms with E-state index in [1.807, 2.05) is 51.1 Å². The van der Waals surface area contributed by atoms with E-state index in [-0.39, 0.29) is 29.7 Å². The van der Waals surface area contributed by atoms with Gasteiger partial charge in [0.15, 0.2) is 0 Å². The molecular weight excluding hydrogens is 482 g/mol. The van der Waals surface area contributed by atoms with Crippen LogP contribution < -0.4 is 4.74 Å². The van der Waals surface area contributed by atoms with Gasteiger partial charge in [-0.25, -0.2) is 0 Å². The fourth-order valence-corrected chi connectivity index (χ4v) is 4.56. The van der Waals surface area contributed by atoms with Gasteiger partial charge in [-0.1, -0.05) is 42.5 Å². The summed E-state index contributed by atoms with van der Waals surface area (Å²) in [5.74, 6) is -1.06. The fraction of sp³-hybridized carbons (Fsp3) is 0.290. The van der Waals surface area contributed by atoms with E-state index in [2.05, 4.69) is 0 Å². The Hall–Kier alpha value is -4.10. The number of aromatic hydroxyl groups is 1. The third-order valence-electron chi connectivity index (χ3n) is 6.41. The van der Waals surface area contributed by atoms with Crippen LogP contribution >= 0.6 is 0 Å². The van der Waals surface area contributed by atoms with Crippen molar-refractivity contribution in [3.63, 3.8) is 0 Å². The van der Waals surface area contributed by atoms with Crippen molar-refractivity contribution >= 4 is 17.4 Å². The van der Waals surface area contributed by atoms with Crippen LogP contribution in [-0.2, 0) is 20.9 Å². The molecule has 1 amide bonds. The number of hydrogen-bond donors (Lipinski definition) is 2. The molecule has 0 aliphatic carbocycles. The summed E-state index contributed by atoms with van der Waals surface area (Å²) in [7, 11) is 0. The lowest BCUT2D eigenvalue weighted by atomic mass is 9.94. The van der Waals surface area contributed by atoms with E-state index >= 15 is 0 Å². The van der Waals surface area contributed by atoms with E-state index in [0.717, 1.165) is 11.1 Å². The summed E-state index contributed by atoms with van der Waals surface area (Å²) in [5, 5.41) is 21.5. The van der Waals surface area contributed by atoms with Gasteiger partial charge in [-0.3, -0.25) is 9.59 Å². The lowest BCUT2D eigenvalue weighted by molar-refractivity contribution is -0.140. The summed E-state index contributed by atoms with van der Waals surface area (Å²) in [5.41, 5.74) is 2.74. The van der Waals surface area contributed by atoms with Gasteiger partial charge in [-0.15, -0.1) is 0 Å². The summed E-state index contributed by atoms with van der Waals surface area (Å²) in [6.45, 7) is 6.81. The first-order valence-electron chi connectivity index (χ1n) is 12.7. The Morgan fingerprint density at radius 3 is 2.45 bits per heavy atom. The Kier molecular flexibility index (Phi) is 8.48. The molecule has 1 aliphatic rings. The highest BCUT2D eigenvalue weighted by molar-refractivity contribution is 6.46. The number of amides is 1. The normalized spacial score (nSPS) is 16.8. The molecule has 4 rings (SSSR count). The van der Waals surface area contributed by atoms with Crippen LogP contribution in [0.15, 0.2) is 78.4 Å². The Morgan fingerprint density at radius 2 is 1.76 bits per heavy atom. The summed E-state index contributed by atoms with van der Waals surface area (Å²) < 4.78 is 11.6. The smallest absolute Gasteiger partial charge is 0.295 e. The molecular formula is C31H33NO6. The van der Waals surface area contributed by atoms with Crippen LogP contribution in [0.3, 0.4) is 0 Å². The highest BCUT2D eigenvalue weighted by atomic mass is 16.5. The molecule has 1 fully saturated rings. The van der Waals surface area contributed by atoms with Gasteiger partial charge in [0.05, 0.1) is 17.7 Å². The number of aliphatic hydroxyl groups excluding tert-OH is 1. The molecule has 1 unspecified atom stereocenters. The number of Topliss-reactive ketones (excluding diaryl/α,β-unsaturated/α-hetero) is 1. The zero-order valence-corrected chi connectivity index (χ0v) is 21.9. The number of aliphatic hydroxyl groups is 1. The summed E-state index contributed by atoms with van der Waals surface area (Å²) in [4.78, 5) is 27.8. The molecule has 0 radical (unpaired) electrons. The first kappa shape index (κ1) is 26.9. The number of hydrogen-bond acceptors (Lipinski definition) is 6. The Balaban J connectivity index is 1.65. The second kappa shape index (κ2) is 12.0. The van der Waals surface area contributed by atoms with Crippen molar-refractivity contribution in [2.75, 3.05) is 13.2 Å². The summed E-state index contributed by atoms with van der Waals surface area (Å²) >= 11 is 0. The molecule has 7 heteroatoms. The van der Waals surface area contributed by atoms with Crippen LogP contribution in [0.5, 0.6) is 11.5 Å². The Labute approximate surface area is 222 Å². The van der Waals surface area contributed by atoms with E-state index in [4.69, 9.17) is 9.47 Å². The van der Waals surface area contributed by atoms with Crippen LogP contribution in [0.25, 0.3) is 5.76 Å². The van der Waals surface area contributed by atoms with Gasteiger partial charge in [0.1, 0.15) is 23.9 Å². The zero-order chi connectivity index (χ0) is 27.2. The van der Waals surface area contributed by atoms with Gasteiger partial charge in [-0.05, 0) is 74.2 Å². The van der Waals surface area contributed by atoms with Crippen LogP contribution in [0.1, 0.15) is 48.6 Å². The summed E-state index contributed by atoms with van der Waals surface area (Å²) in [6, 6.07) is 20.5. The number of carbonyl (C=O) groups excluding carboxylic acids is 2. The first-order valence-corrected chi connectivity index (χ1v) is 12.7. The van der Waals surface area contributed by atoms with Gasteiger partial charge in [0.25, 0.3) is 11.7 Å². The van der Waals surface area contributed by atoms with E-state index in [0.29, 0.717) is 36.5 Å². The number of nitrogens with zero attached hydrogens (tertiary/aromatic N) is 1. The number of benzene rings is 3. The number of ether oxygens (including phenoxy) is 2. The van der Waals surface area contributed by atoms with Crippen molar-refractivity contribution in [2.45, 2.75) is 45.9 Å². The van der Waals surface area contributed by atoms with Crippen molar-refractivity contribution in [2.24, 2.45) is 0 Å². The second-order valence-electron chi connectivity index (χ2n) is 9.62. The molecule has 2 N–H and O–H groups in total. The van der Waals surface area contributed by atoms with Crippen LogP contribution in [-0.4, -0.2) is 46.1 Å². The third-order valence-corrected chi connectivity index (χ3v) is 6.41. The lowest BCUT2D eigenvalue weighted by Crippen LogP contribution is -2.31. The number of phenols is 1. The van der Waals surface area contributed by atoms with Gasteiger partial charge >= 0.3 is 0 Å². The number of aryl methyl sites for hydroxylation is 1. The van der Waals surface area contributed by atoms with Crippen molar-refractivity contribution in [3.05, 3.63) is 101 Å². The van der Waals surface area contributed by atoms with Crippen LogP contribution in [0.4, 0.5) is 0 Å². The third kappa shape index (κ3) is 6.06. The van der Waals surface area contributed by atoms with E-state index in [1.54, 1.807) is 30.3 Å². The molecule has 0 saturated carbocycles. The maximum Gasteiger partial charge on any atom is 0.295 e. The molecule has 3 aromatic rings. The quantitative estimate of drug-likeness (QED) is 0.160. The van der Waals surface area contributed by atoms with Gasteiger partial charge in [0, 0.05) is 18.7 Å². The zero-order valence-electron chi connectivity index (χ0n) is 21.9. The van der Waals surface area contributed by atoms with E-state index < -0.39 is 17.7 Å². The molecule has 0 spiro atoms. The number of carbonyl (C=O) groups is 2. The highest BCUT2D eigenvalue weighted by Crippen LogP contribution is 2.40. The standard InChI is InChI=1S/C31H33NO6/c1-20(2)37-16-8-15-32-28(23-11-7-12-25(33)18-23)27(30(35)31(32)36)29(34)24-13-14-26(21(3)17-24)38-19-22-9-5-4-6-10-22/h4-7,9-14,17-18,20,28,33-34H,8,15-16,19H2,1-3H3/b29-27-. The van der Waals surface area contributed by atoms with Crippen LogP contribution in [0.2, 0.25) is 0 Å². The second-order valence-corrected chi connectivity index (χ2v) is 9.62. The predicted molar refractivity (Wildman–Crippen MR) is 145 cm³/mol. The minimum atomic E-state index is -0.838. The Bertz CT molecular complexity index is 1330. The van der Waals surface area contributed by atoms with Crippen molar-refractivity contribution in [3.8, 4) is 11.5 Å². The molecule has 1 aliphatic heterocycles. The first-order chi connectivity index (χ1) is 18.3. The monoisotopic (exact) mass is 515 g/mol. The van der Waals surface area contributed by atoms with Crippen molar-refractivity contribution in [1.82, 2.24) is 4.90 Å². The van der Waals surface area contributed by atoms with Gasteiger partial charge in [-0.2, -0.15) is 0 Å².